The standard InChI is InChI=1S/C19H23N7O2/c1-24-16-4-3-13(11-14(16)23-19(24)25-7-9-28-10-8-25)18(27)22-15-12-21-26-6-2-5-20-17(15)26/h3-4,11-12,20H,2,5-10H2,1H3,(H,22,27). The first-order valence-corrected chi connectivity index (χ1v) is 9.61. The molecular formula is C19H23N7O2. The maximum Gasteiger partial charge on any atom is 0.255 e. The van der Waals surface area contributed by atoms with Gasteiger partial charge < -0.3 is 24.8 Å². The van der Waals surface area contributed by atoms with Crippen molar-refractivity contribution in [3.05, 3.63) is 30.0 Å². The van der Waals surface area contributed by atoms with E-state index in [1.54, 1.807) is 6.20 Å². The highest BCUT2D eigenvalue weighted by Gasteiger charge is 2.20. The fourth-order valence-corrected chi connectivity index (χ4v) is 3.84. The molecule has 0 radical (unpaired) electrons. The Morgan fingerprint density at radius 1 is 1.25 bits per heavy atom. The lowest BCUT2D eigenvalue weighted by Gasteiger charge is -2.27. The van der Waals surface area contributed by atoms with Gasteiger partial charge in [0.15, 0.2) is 0 Å². The number of ether oxygens (including phenoxy) is 1. The summed E-state index contributed by atoms with van der Waals surface area (Å²) in [5.41, 5.74) is 3.10. The zero-order valence-corrected chi connectivity index (χ0v) is 15.8. The quantitative estimate of drug-likeness (QED) is 0.718. The molecule has 2 N–H and O–H groups in total. The first-order chi connectivity index (χ1) is 13.7. The van der Waals surface area contributed by atoms with Crippen molar-refractivity contribution in [2.45, 2.75) is 13.0 Å². The average Bonchev–Trinajstić information content (AvgIpc) is 3.29. The maximum absolute atomic E-state index is 12.8. The number of nitrogens with one attached hydrogen (secondary N) is 2. The van der Waals surface area contributed by atoms with E-state index in [0.29, 0.717) is 24.5 Å². The number of imidazole rings is 1. The van der Waals surface area contributed by atoms with Gasteiger partial charge in [0.05, 0.1) is 30.4 Å². The van der Waals surface area contributed by atoms with Crippen molar-refractivity contribution in [3.63, 3.8) is 0 Å². The molecule has 28 heavy (non-hydrogen) atoms. The fourth-order valence-electron chi connectivity index (χ4n) is 3.84. The van der Waals surface area contributed by atoms with E-state index in [9.17, 15) is 4.79 Å². The molecule has 1 amide bonds. The van der Waals surface area contributed by atoms with Crippen molar-refractivity contribution in [1.82, 2.24) is 19.3 Å². The first-order valence-electron chi connectivity index (χ1n) is 9.61. The molecule has 1 aromatic carbocycles. The first kappa shape index (κ1) is 17.1. The van der Waals surface area contributed by atoms with E-state index in [1.165, 1.54) is 0 Å². The zero-order valence-electron chi connectivity index (χ0n) is 15.8. The molecule has 0 saturated carbocycles. The number of nitrogens with zero attached hydrogens (tertiary/aromatic N) is 5. The van der Waals surface area contributed by atoms with Crippen LogP contribution in [-0.2, 0) is 18.3 Å². The zero-order chi connectivity index (χ0) is 19.1. The summed E-state index contributed by atoms with van der Waals surface area (Å²) in [6.07, 6.45) is 2.73. The summed E-state index contributed by atoms with van der Waals surface area (Å²) in [5.74, 6) is 1.61. The van der Waals surface area contributed by atoms with Crippen LogP contribution in [0.3, 0.4) is 0 Å². The highest BCUT2D eigenvalue weighted by molar-refractivity contribution is 6.07. The number of fused-ring (bicyclic) bond motifs is 2. The van der Waals surface area contributed by atoms with E-state index >= 15 is 0 Å². The molecule has 1 saturated heterocycles. The molecule has 9 heteroatoms. The minimum Gasteiger partial charge on any atom is -0.378 e. The minimum absolute atomic E-state index is 0.163. The van der Waals surface area contributed by atoms with Crippen molar-refractivity contribution in [2.75, 3.05) is 48.4 Å². The lowest BCUT2D eigenvalue weighted by molar-refractivity contribution is 0.102. The highest BCUT2D eigenvalue weighted by atomic mass is 16.5. The second-order valence-electron chi connectivity index (χ2n) is 7.14. The third-order valence-corrected chi connectivity index (χ3v) is 5.34. The van der Waals surface area contributed by atoms with Crippen molar-refractivity contribution in [3.8, 4) is 0 Å². The van der Waals surface area contributed by atoms with Gasteiger partial charge in [-0.1, -0.05) is 0 Å². The minimum atomic E-state index is -0.163. The van der Waals surface area contributed by atoms with Crippen LogP contribution in [0.4, 0.5) is 17.5 Å². The van der Waals surface area contributed by atoms with Crippen LogP contribution in [0.5, 0.6) is 0 Å². The van der Waals surface area contributed by atoms with Crippen LogP contribution in [0.15, 0.2) is 24.4 Å². The predicted molar refractivity (Wildman–Crippen MR) is 107 cm³/mol. The monoisotopic (exact) mass is 381 g/mol. The van der Waals surface area contributed by atoms with E-state index in [0.717, 1.165) is 55.4 Å². The number of amides is 1. The smallest absolute Gasteiger partial charge is 0.255 e. The summed E-state index contributed by atoms with van der Waals surface area (Å²) in [6.45, 7) is 4.82. The summed E-state index contributed by atoms with van der Waals surface area (Å²) in [4.78, 5) is 19.8. The molecule has 2 aliphatic heterocycles. The Morgan fingerprint density at radius 2 is 2.11 bits per heavy atom. The molecule has 2 aliphatic rings. The van der Waals surface area contributed by atoms with Crippen LogP contribution in [0.25, 0.3) is 11.0 Å². The Morgan fingerprint density at radius 3 is 2.96 bits per heavy atom. The topological polar surface area (TPSA) is 89.2 Å². The molecular weight excluding hydrogens is 358 g/mol. The van der Waals surface area contributed by atoms with Gasteiger partial charge >= 0.3 is 0 Å². The molecule has 4 heterocycles. The van der Waals surface area contributed by atoms with Gasteiger partial charge in [-0.3, -0.25) is 4.79 Å². The van der Waals surface area contributed by atoms with E-state index in [4.69, 9.17) is 9.72 Å². The van der Waals surface area contributed by atoms with Crippen molar-refractivity contribution in [2.24, 2.45) is 7.05 Å². The number of anilines is 3. The highest BCUT2D eigenvalue weighted by Crippen LogP contribution is 2.26. The number of hydrogen-bond donors (Lipinski definition) is 2. The Balaban J connectivity index is 1.41. The van der Waals surface area contributed by atoms with Gasteiger partial charge in [-0.05, 0) is 24.6 Å². The number of carbonyl (C=O) groups excluding carboxylic acids is 1. The normalized spacial score (nSPS) is 16.7. The molecule has 5 rings (SSSR count). The van der Waals surface area contributed by atoms with E-state index in [-0.39, 0.29) is 5.91 Å². The van der Waals surface area contributed by atoms with Crippen LogP contribution in [0, 0.1) is 0 Å². The third-order valence-electron chi connectivity index (χ3n) is 5.34. The molecule has 0 atom stereocenters. The Bertz CT molecular complexity index is 1030. The fraction of sp³-hybridized carbons (Fsp3) is 0.421. The number of carbonyl (C=O) groups is 1. The lowest BCUT2D eigenvalue weighted by atomic mass is 10.2. The van der Waals surface area contributed by atoms with Gasteiger partial charge in [0.25, 0.3) is 5.91 Å². The van der Waals surface area contributed by atoms with Gasteiger partial charge in [-0.15, -0.1) is 0 Å². The summed E-state index contributed by atoms with van der Waals surface area (Å²) < 4.78 is 9.39. The van der Waals surface area contributed by atoms with E-state index < -0.39 is 0 Å². The van der Waals surface area contributed by atoms with Crippen LogP contribution >= 0.6 is 0 Å². The Kier molecular flexibility index (Phi) is 4.16. The molecule has 0 unspecified atom stereocenters. The molecule has 0 bridgehead atoms. The maximum atomic E-state index is 12.8. The number of aromatic nitrogens is 4. The van der Waals surface area contributed by atoms with Crippen molar-refractivity contribution >= 4 is 34.4 Å². The molecule has 2 aromatic heterocycles. The van der Waals surface area contributed by atoms with Crippen LogP contribution < -0.4 is 15.5 Å². The molecule has 3 aromatic rings. The molecule has 146 valence electrons. The van der Waals surface area contributed by atoms with Gasteiger partial charge in [-0.25, -0.2) is 9.67 Å². The number of aryl methyl sites for hydroxylation is 2. The third kappa shape index (κ3) is 2.88. The average molecular weight is 381 g/mol. The second kappa shape index (κ2) is 6.83. The summed E-state index contributed by atoms with van der Waals surface area (Å²) >= 11 is 0. The van der Waals surface area contributed by atoms with Gasteiger partial charge in [0.2, 0.25) is 5.95 Å². The molecule has 0 spiro atoms. The largest absolute Gasteiger partial charge is 0.378 e. The van der Waals surface area contributed by atoms with Gasteiger partial charge in [-0.2, -0.15) is 5.10 Å². The van der Waals surface area contributed by atoms with Crippen LogP contribution in [0.1, 0.15) is 16.8 Å². The number of benzene rings is 1. The van der Waals surface area contributed by atoms with Crippen LogP contribution in [-0.4, -0.2) is 58.1 Å². The van der Waals surface area contributed by atoms with Gasteiger partial charge in [0.1, 0.15) is 11.5 Å². The van der Waals surface area contributed by atoms with Gasteiger partial charge in [0, 0.05) is 38.8 Å². The predicted octanol–water partition coefficient (Wildman–Crippen LogP) is 1.67. The number of morpholine rings is 1. The number of hydrogen-bond acceptors (Lipinski definition) is 6. The summed E-state index contributed by atoms with van der Waals surface area (Å²) in [7, 11) is 2.00. The van der Waals surface area contributed by atoms with E-state index in [1.807, 2.05) is 29.9 Å². The summed E-state index contributed by atoms with van der Waals surface area (Å²) in [6, 6.07) is 5.64. The van der Waals surface area contributed by atoms with Crippen molar-refractivity contribution in [1.29, 1.82) is 0 Å². The summed E-state index contributed by atoms with van der Waals surface area (Å²) in [5, 5.41) is 10.6. The molecule has 1 fully saturated rings. The van der Waals surface area contributed by atoms with Crippen molar-refractivity contribution < 1.29 is 9.53 Å². The molecule has 9 nitrogen and oxygen atoms in total. The lowest BCUT2D eigenvalue weighted by Crippen LogP contribution is -2.37. The molecule has 0 aliphatic carbocycles. The Labute approximate surface area is 162 Å². The van der Waals surface area contributed by atoms with E-state index in [2.05, 4.69) is 25.2 Å². The SMILES string of the molecule is Cn1c(N2CCOCC2)nc2cc(C(=O)Nc3cnn4c3NCCC4)ccc21. The Hall–Kier alpha value is -3.07. The number of rotatable bonds is 3. The second-order valence-corrected chi connectivity index (χ2v) is 7.14. The van der Waals surface area contributed by atoms with Crippen LogP contribution in [0.2, 0.25) is 0 Å².